The van der Waals surface area contributed by atoms with Gasteiger partial charge in [-0.25, -0.2) is 9.78 Å². The first-order valence-corrected chi connectivity index (χ1v) is 7.30. The molecule has 6 heteroatoms. The Morgan fingerprint density at radius 3 is 2.65 bits per heavy atom. The molecule has 0 radical (unpaired) electrons. The molecule has 0 amide bonds. The number of fused-ring (bicyclic) bond motifs is 1. The van der Waals surface area contributed by atoms with Crippen molar-refractivity contribution >= 4 is 48.9 Å². The zero-order valence-corrected chi connectivity index (χ0v) is 13.2. The number of nitrogens with zero attached hydrogens (tertiary/aromatic N) is 2. The lowest BCUT2D eigenvalue weighted by molar-refractivity contribution is 0.0697. The van der Waals surface area contributed by atoms with Gasteiger partial charge >= 0.3 is 5.97 Å². The minimum atomic E-state index is -0.950. The van der Waals surface area contributed by atoms with Gasteiger partial charge in [0, 0.05) is 8.95 Å². The van der Waals surface area contributed by atoms with Crippen molar-refractivity contribution in [2.45, 2.75) is 0 Å². The molecule has 0 aliphatic rings. The van der Waals surface area contributed by atoms with Gasteiger partial charge in [-0.1, -0.05) is 15.9 Å². The summed E-state index contributed by atoms with van der Waals surface area (Å²) in [5.41, 5.74) is 2.66. The summed E-state index contributed by atoms with van der Waals surface area (Å²) in [6, 6.07) is 10.7. The van der Waals surface area contributed by atoms with Gasteiger partial charge in [-0.05, 0) is 52.3 Å². The lowest BCUT2D eigenvalue weighted by Gasteiger charge is -2.07. The van der Waals surface area contributed by atoms with Gasteiger partial charge in [0.15, 0.2) is 0 Å². The fourth-order valence-corrected chi connectivity index (χ4v) is 3.25. The van der Waals surface area contributed by atoms with Gasteiger partial charge in [0.2, 0.25) is 0 Å². The molecule has 1 heterocycles. The van der Waals surface area contributed by atoms with Crippen LogP contribution in [0.1, 0.15) is 10.4 Å². The van der Waals surface area contributed by atoms with Gasteiger partial charge in [-0.3, -0.25) is 4.57 Å². The van der Waals surface area contributed by atoms with Gasteiger partial charge in [0.05, 0.1) is 22.3 Å². The number of halogens is 2. The van der Waals surface area contributed by atoms with E-state index in [0.717, 1.165) is 25.7 Å². The Morgan fingerprint density at radius 2 is 1.95 bits per heavy atom. The molecule has 4 nitrogen and oxygen atoms in total. The topological polar surface area (TPSA) is 55.1 Å². The standard InChI is InChI=1S/C14H8Br2N2O2/c15-9-2-4-12(10(16)6-9)18-7-17-11-3-1-8(14(19)20)5-13(11)18/h1-7H,(H,19,20). The number of hydrogen-bond acceptors (Lipinski definition) is 2. The number of carboxylic acids is 1. The first kappa shape index (κ1) is 13.3. The maximum absolute atomic E-state index is 11.1. The van der Waals surface area contributed by atoms with E-state index in [1.165, 1.54) is 0 Å². The summed E-state index contributed by atoms with van der Waals surface area (Å²) in [6.45, 7) is 0. The Labute approximate surface area is 131 Å². The Hall–Kier alpha value is -1.66. The van der Waals surface area contributed by atoms with Gasteiger partial charge in [-0.15, -0.1) is 0 Å². The van der Waals surface area contributed by atoms with Crippen LogP contribution in [0.15, 0.2) is 51.7 Å². The molecular weight excluding hydrogens is 388 g/mol. The molecule has 1 N–H and O–H groups in total. The lowest BCUT2D eigenvalue weighted by atomic mass is 10.2. The highest BCUT2D eigenvalue weighted by Crippen LogP contribution is 2.28. The molecule has 2 aromatic carbocycles. The first-order valence-electron chi connectivity index (χ1n) is 5.72. The average molecular weight is 396 g/mol. The quantitative estimate of drug-likeness (QED) is 0.705. The van der Waals surface area contributed by atoms with Crippen LogP contribution in [0.25, 0.3) is 16.7 Å². The Kier molecular flexibility index (Phi) is 3.35. The largest absolute Gasteiger partial charge is 0.478 e. The molecule has 0 saturated carbocycles. The molecule has 0 saturated heterocycles. The number of aromatic carboxylic acids is 1. The summed E-state index contributed by atoms with van der Waals surface area (Å²) in [4.78, 5) is 15.4. The Balaban J connectivity index is 2.25. The van der Waals surface area contributed by atoms with Crippen LogP contribution in [0.2, 0.25) is 0 Å². The van der Waals surface area contributed by atoms with Crippen LogP contribution in [0.5, 0.6) is 0 Å². The third-order valence-corrected chi connectivity index (χ3v) is 4.09. The van der Waals surface area contributed by atoms with E-state index >= 15 is 0 Å². The number of rotatable bonds is 2. The van der Waals surface area contributed by atoms with Crippen molar-refractivity contribution in [1.82, 2.24) is 9.55 Å². The summed E-state index contributed by atoms with van der Waals surface area (Å²) in [5.74, 6) is -0.950. The molecule has 0 spiro atoms. The predicted molar refractivity (Wildman–Crippen MR) is 83.4 cm³/mol. The average Bonchev–Trinajstić information content (AvgIpc) is 2.81. The second kappa shape index (κ2) is 5.03. The van der Waals surface area contributed by atoms with Crippen molar-refractivity contribution in [2.24, 2.45) is 0 Å². The van der Waals surface area contributed by atoms with Crippen LogP contribution in [-0.4, -0.2) is 20.6 Å². The number of carboxylic acid groups (broad SMARTS) is 1. The molecule has 0 aliphatic carbocycles. The Bertz CT molecular complexity index is 827. The van der Waals surface area contributed by atoms with Crippen molar-refractivity contribution in [3.8, 4) is 5.69 Å². The first-order chi connectivity index (χ1) is 9.56. The van der Waals surface area contributed by atoms with Crippen molar-refractivity contribution in [3.63, 3.8) is 0 Å². The molecule has 3 rings (SSSR count). The highest BCUT2D eigenvalue weighted by atomic mass is 79.9. The number of hydrogen-bond donors (Lipinski definition) is 1. The minimum Gasteiger partial charge on any atom is -0.478 e. The summed E-state index contributed by atoms with van der Waals surface area (Å²) < 4.78 is 3.72. The molecule has 0 bridgehead atoms. The molecular formula is C14H8Br2N2O2. The van der Waals surface area contributed by atoms with E-state index in [4.69, 9.17) is 5.11 Å². The second-order valence-corrected chi connectivity index (χ2v) is 5.99. The Morgan fingerprint density at radius 1 is 1.15 bits per heavy atom. The zero-order valence-electron chi connectivity index (χ0n) is 10.0. The molecule has 20 heavy (non-hydrogen) atoms. The van der Waals surface area contributed by atoms with Crippen molar-refractivity contribution in [3.05, 3.63) is 57.2 Å². The predicted octanol–water partition coefficient (Wildman–Crippen LogP) is 4.25. The molecule has 1 aromatic heterocycles. The normalized spacial score (nSPS) is 10.9. The third-order valence-electron chi connectivity index (χ3n) is 2.96. The van der Waals surface area contributed by atoms with Crippen LogP contribution in [-0.2, 0) is 0 Å². The monoisotopic (exact) mass is 394 g/mol. The summed E-state index contributed by atoms with van der Waals surface area (Å²) in [6.07, 6.45) is 1.68. The molecule has 0 fully saturated rings. The van der Waals surface area contributed by atoms with Crippen molar-refractivity contribution in [2.75, 3.05) is 0 Å². The third kappa shape index (κ3) is 2.25. The van der Waals surface area contributed by atoms with E-state index in [1.54, 1.807) is 24.5 Å². The van der Waals surface area contributed by atoms with Crippen molar-refractivity contribution < 1.29 is 9.90 Å². The fourth-order valence-electron chi connectivity index (χ4n) is 2.01. The smallest absolute Gasteiger partial charge is 0.335 e. The lowest BCUT2D eigenvalue weighted by Crippen LogP contribution is -1.98. The number of imidazole rings is 1. The van der Waals surface area contributed by atoms with Gasteiger partial charge in [-0.2, -0.15) is 0 Å². The van der Waals surface area contributed by atoms with E-state index in [2.05, 4.69) is 36.8 Å². The molecule has 0 atom stereocenters. The zero-order chi connectivity index (χ0) is 14.3. The van der Waals surface area contributed by atoms with E-state index in [9.17, 15) is 4.79 Å². The van der Waals surface area contributed by atoms with Crippen LogP contribution < -0.4 is 0 Å². The molecule has 0 unspecified atom stereocenters. The van der Waals surface area contributed by atoms with Gasteiger partial charge in [0.25, 0.3) is 0 Å². The van der Waals surface area contributed by atoms with Gasteiger partial charge in [0.1, 0.15) is 6.33 Å². The highest BCUT2D eigenvalue weighted by Gasteiger charge is 2.11. The second-order valence-electron chi connectivity index (χ2n) is 4.22. The van der Waals surface area contributed by atoms with E-state index < -0.39 is 5.97 Å². The highest BCUT2D eigenvalue weighted by molar-refractivity contribution is 9.11. The maximum atomic E-state index is 11.1. The van der Waals surface area contributed by atoms with Crippen LogP contribution in [0.3, 0.4) is 0 Å². The van der Waals surface area contributed by atoms with E-state index in [0.29, 0.717) is 0 Å². The molecule has 0 aliphatic heterocycles. The summed E-state index contributed by atoms with van der Waals surface area (Å²) in [7, 11) is 0. The van der Waals surface area contributed by atoms with Crippen LogP contribution in [0.4, 0.5) is 0 Å². The van der Waals surface area contributed by atoms with Gasteiger partial charge < -0.3 is 5.11 Å². The minimum absolute atomic E-state index is 0.243. The number of benzene rings is 2. The molecule has 3 aromatic rings. The van der Waals surface area contributed by atoms with Crippen LogP contribution in [0, 0.1) is 0 Å². The van der Waals surface area contributed by atoms with E-state index in [-0.39, 0.29) is 5.56 Å². The number of aromatic nitrogens is 2. The maximum Gasteiger partial charge on any atom is 0.335 e. The fraction of sp³-hybridized carbons (Fsp3) is 0. The van der Waals surface area contributed by atoms with E-state index in [1.807, 2.05) is 22.8 Å². The SMILES string of the molecule is O=C(O)c1ccc2ncn(-c3ccc(Br)cc3Br)c2c1. The van der Waals surface area contributed by atoms with Crippen LogP contribution >= 0.6 is 31.9 Å². The number of carbonyl (C=O) groups is 1. The summed E-state index contributed by atoms with van der Waals surface area (Å²) in [5, 5.41) is 9.09. The van der Waals surface area contributed by atoms with Crippen molar-refractivity contribution in [1.29, 1.82) is 0 Å². The molecule has 100 valence electrons. The summed E-state index contributed by atoms with van der Waals surface area (Å²) >= 11 is 6.91.